The van der Waals surface area contributed by atoms with Crippen LogP contribution in [0.1, 0.15) is 6.92 Å². The molecule has 0 saturated carbocycles. The van der Waals surface area contributed by atoms with E-state index in [0.717, 1.165) is 0 Å². The van der Waals surface area contributed by atoms with Crippen molar-refractivity contribution in [3.05, 3.63) is 12.2 Å². The zero-order valence-electron chi connectivity index (χ0n) is 8.20. The van der Waals surface area contributed by atoms with Gasteiger partial charge < -0.3 is 20.4 Å². The molecule has 15 heavy (non-hydrogen) atoms. The smallest absolute Gasteiger partial charge is 0.335 e. The molecule has 0 amide bonds. The van der Waals surface area contributed by atoms with Crippen molar-refractivity contribution in [3.63, 3.8) is 0 Å². The minimum Gasteiger partial charge on any atom is -0.479 e. The van der Waals surface area contributed by atoms with Gasteiger partial charge in [-0.1, -0.05) is 18.5 Å². The first-order valence-corrected chi connectivity index (χ1v) is 4.01. The number of carboxylic acid groups (broad SMARTS) is 2. The van der Waals surface area contributed by atoms with Crippen LogP contribution in [0, 0.1) is 0 Å². The van der Waals surface area contributed by atoms with Gasteiger partial charge in [-0.25, -0.2) is 9.59 Å². The van der Waals surface area contributed by atoms with Gasteiger partial charge in [0.05, 0.1) is 7.85 Å². The first-order chi connectivity index (χ1) is 6.88. The monoisotopic (exact) mass is 216 g/mol. The average Bonchev–Trinajstić information content (AvgIpc) is 2.17. The molecule has 0 aliphatic heterocycles. The van der Waals surface area contributed by atoms with E-state index < -0.39 is 24.1 Å². The fourth-order valence-corrected chi connectivity index (χ4v) is 0.406. The highest BCUT2D eigenvalue weighted by molar-refractivity contribution is 6.09. The molecule has 4 N–H and O–H groups in total. The lowest BCUT2D eigenvalue weighted by Gasteiger charge is -2.07. The summed E-state index contributed by atoms with van der Waals surface area (Å²) in [4.78, 5) is 19.5. The van der Waals surface area contributed by atoms with Gasteiger partial charge in [0.25, 0.3) is 0 Å². The van der Waals surface area contributed by atoms with Crippen LogP contribution in [-0.2, 0) is 9.59 Å². The maximum absolute atomic E-state index is 9.77. The number of carbonyl (C=O) groups is 2. The molecule has 7 heteroatoms. The Labute approximate surface area is 88.3 Å². The van der Waals surface area contributed by atoms with Gasteiger partial charge in [-0.15, -0.1) is 0 Å². The highest BCUT2D eigenvalue weighted by Gasteiger charge is 2.29. The molecule has 0 spiro atoms. The van der Waals surface area contributed by atoms with Crippen molar-refractivity contribution in [1.82, 2.24) is 0 Å². The van der Waals surface area contributed by atoms with Gasteiger partial charge in [-0.05, 0) is 6.92 Å². The average molecular weight is 216 g/mol. The molecule has 0 aromatic rings. The Balaban J connectivity index is 0. The molecule has 0 aliphatic carbocycles. The lowest BCUT2D eigenvalue weighted by molar-refractivity contribution is -0.165. The first kappa shape index (κ1) is 16.1. The topological polar surface area (TPSA) is 115 Å². The maximum atomic E-state index is 9.77. The van der Waals surface area contributed by atoms with E-state index in [1.54, 1.807) is 0 Å². The van der Waals surface area contributed by atoms with Crippen LogP contribution in [0.2, 0.25) is 6.32 Å². The molecule has 84 valence electrons. The summed E-state index contributed by atoms with van der Waals surface area (Å²) in [6.07, 6.45) is -0.0359. The van der Waals surface area contributed by atoms with Crippen LogP contribution < -0.4 is 0 Å². The van der Waals surface area contributed by atoms with E-state index in [-0.39, 0.29) is 0 Å². The van der Waals surface area contributed by atoms with Crippen molar-refractivity contribution < 1.29 is 30.0 Å². The summed E-state index contributed by atoms with van der Waals surface area (Å²) in [5.74, 6) is -3.54. The van der Waals surface area contributed by atoms with E-state index in [1.165, 1.54) is 0 Å². The predicted molar refractivity (Wildman–Crippen MR) is 52.7 cm³/mol. The van der Waals surface area contributed by atoms with E-state index in [9.17, 15) is 9.59 Å². The Bertz CT molecular complexity index is 209. The summed E-state index contributed by atoms with van der Waals surface area (Å²) in [5, 5.41) is 32.5. The van der Waals surface area contributed by atoms with Crippen LogP contribution in [0.5, 0.6) is 0 Å². The Morgan fingerprint density at radius 1 is 1.20 bits per heavy atom. The van der Waals surface area contributed by atoms with E-state index >= 15 is 0 Å². The van der Waals surface area contributed by atoms with Crippen LogP contribution in [0.4, 0.5) is 0 Å². The molecule has 2 radical (unpaired) electrons. The molecule has 0 fully saturated rings. The molecule has 0 bridgehead atoms. The number of aliphatic carboxylic acids is 2. The van der Waals surface area contributed by atoms with Crippen LogP contribution in [0.3, 0.4) is 0 Å². The second kappa shape index (κ2) is 9.23. The van der Waals surface area contributed by atoms with Gasteiger partial charge in [-0.2, -0.15) is 0 Å². The zero-order valence-corrected chi connectivity index (χ0v) is 8.20. The van der Waals surface area contributed by atoms with Crippen molar-refractivity contribution in [1.29, 1.82) is 0 Å². The van der Waals surface area contributed by atoms with Crippen LogP contribution in [0.15, 0.2) is 12.2 Å². The summed E-state index contributed by atoms with van der Waals surface area (Å²) >= 11 is 0. The van der Waals surface area contributed by atoms with E-state index in [2.05, 4.69) is 0 Å². The number of rotatable bonds is 4. The molecular formula is C8H13BO6. The second-order valence-corrected chi connectivity index (χ2v) is 2.37. The minimum atomic E-state index is -2.27. The molecule has 6 nitrogen and oxygen atoms in total. The number of hydrogen-bond acceptors (Lipinski definition) is 4. The van der Waals surface area contributed by atoms with Gasteiger partial charge in [0.2, 0.25) is 0 Å². The van der Waals surface area contributed by atoms with E-state index in [1.807, 2.05) is 19.1 Å². The lowest BCUT2D eigenvalue weighted by atomic mass is 10.1. The number of allylic oxidation sites excluding steroid dienone is 2. The Hall–Kier alpha value is -1.34. The Kier molecular flexibility index (Phi) is 9.91. The molecular weight excluding hydrogens is 203 g/mol. The first-order valence-electron chi connectivity index (χ1n) is 4.01. The van der Waals surface area contributed by atoms with Gasteiger partial charge >= 0.3 is 11.9 Å². The van der Waals surface area contributed by atoms with E-state index in [4.69, 9.17) is 28.3 Å². The fourth-order valence-electron chi connectivity index (χ4n) is 0.406. The third kappa shape index (κ3) is 8.98. The molecule has 2 atom stereocenters. The summed E-state index contributed by atoms with van der Waals surface area (Å²) in [6.45, 7) is 1.95. The molecule has 0 rings (SSSR count). The third-order valence-electron chi connectivity index (χ3n) is 1.18. The van der Waals surface area contributed by atoms with Gasteiger partial charge in [0.15, 0.2) is 12.2 Å². The number of carboxylic acids is 2. The van der Waals surface area contributed by atoms with Crippen LogP contribution in [0.25, 0.3) is 0 Å². The van der Waals surface area contributed by atoms with Crippen LogP contribution in [-0.4, -0.2) is 52.4 Å². The highest BCUT2D eigenvalue weighted by atomic mass is 16.4. The summed E-state index contributed by atoms with van der Waals surface area (Å²) < 4.78 is 0. The number of aliphatic hydroxyl groups excluding tert-OH is 2. The maximum Gasteiger partial charge on any atom is 0.335 e. The molecule has 0 aromatic heterocycles. The zero-order chi connectivity index (χ0) is 12.4. The fraction of sp³-hybridized carbons (Fsp3) is 0.500. The van der Waals surface area contributed by atoms with Crippen molar-refractivity contribution >= 4 is 19.8 Å². The van der Waals surface area contributed by atoms with Crippen molar-refractivity contribution in [3.8, 4) is 0 Å². The summed E-state index contributed by atoms with van der Waals surface area (Å²) in [5.41, 5.74) is 0. The van der Waals surface area contributed by atoms with E-state index in [0.29, 0.717) is 6.32 Å². The van der Waals surface area contributed by atoms with Gasteiger partial charge in [0.1, 0.15) is 0 Å². The Morgan fingerprint density at radius 3 is 1.60 bits per heavy atom. The second-order valence-electron chi connectivity index (χ2n) is 2.37. The number of aliphatic hydroxyl groups is 2. The van der Waals surface area contributed by atoms with Crippen molar-refractivity contribution in [2.24, 2.45) is 0 Å². The standard InChI is InChI=1S/C4H7B.C4H6O6/c1-2-3-4-5;5-1(3(7)8)2(6)4(9)10/h2-3H,4H2,1H3;1-2,5-6H,(H,7,8)(H,9,10)/b3-2+;. The largest absolute Gasteiger partial charge is 0.479 e. The van der Waals surface area contributed by atoms with Gasteiger partial charge in [-0.3, -0.25) is 0 Å². The van der Waals surface area contributed by atoms with Crippen molar-refractivity contribution in [2.45, 2.75) is 25.5 Å². The molecule has 0 aromatic carbocycles. The summed E-state index contributed by atoms with van der Waals surface area (Å²) in [6, 6.07) is 0. The normalized spacial score (nSPS) is 13.8. The number of hydrogen-bond donors (Lipinski definition) is 4. The molecule has 2 unspecified atom stereocenters. The third-order valence-corrected chi connectivity index (χ3v) is 1.18. The van der Waals surface area contributed by atoms with Gasteiger partial charge in [0, 0.05) is 0 Å². The van der Waals surface area contributed by atoms with Crippen LogP contribution >= 0.6 is 0 Å². The summed E-state index contributed by atoms with van der Waals surface area (Å²) in [7, 11) is 5.05. The Morgan fingerprint density at radius 2 is 1.53 bits per heavy atom. The molecule has 0 heterocycles. The van der Waals surface area contributed by atoms with Crippen molar-refractivity contribution in [2.75, 3.05) is 0 Å². The lowest BCUT2D eigenvalue weighted by Crippen LogP contribution is -2.39. The SMILES string of the molecule is O=C(O)C(O)C(O)C(=O)O.[B]C/C=C/C. The quantitative estimate of drug-likeness (QED) is 0.355. The highest BCUT2D eigenvalue weighted by Crippen LogP contribution is 1.92. The molecule has 0 saturated heterocycles. The predicted octanol–water partition coefficient (Wildman–Crippen LogP) is -0.973. The minimum absolute atomic E-state index is 0.663. The molecule has 0 aliphatic rings.